The number of anilines is 2. The molecule has 2 aliphatic heterocycles. The first kappa shape index (κ1) is 21.9. The number of allylic oxidation sites excluding steroid dienone is 1. The van der Waals surface area contributed by atoms with Crippen molar-refractivity contribution < 1.29 is 14.0 Å². The number of likely N-dealkylation sites (N-methyl/N-ethyl adjacent to an activating group) is 1. The summed E-state index contributed by atoms with van der Waals surface area (Å²) in [5.74, 6) is -1.74. The average molecular weight is 450 g/mol. The predicted octanol–water partition coefficient (Wildman–Crippen LogP) is 4.60. The minimum absolute atomic E-state index is 0.00000290. The molecular weight excluding hydrogens is 425 g/mol. The molecule has 0 spiro atoms. The topological polar surface area (TPSA) is 52.7 Å². The van der Waals surface area contributed by atoms with Crippen molar-refractivity contribution in [2.24, 2.45) is 0 Å². The largest absolute Gasteiger partial charge is 0.365 e. The second kappa shape index (κ2) is 7.67. The molecule has 0 atom stereocenters. The number of para-hydroxylation sites is 1. The molecule has 2 aliphatic rings. The van der Waals surface area contributed by atoms with Gasteiger partial charge in [-0.05, 0) is 75.3 Å². The molecule has 0 saturated carbocycles. The van der Waals surface area contributed by atoms with Crippen LogP contribution < -0.4 is 15.1 Å². The number of benzene rings is 2. The van der Waals surface area contributed by atoms with E-state index in [-0.39, 0.29) is 21.8 Å². The van der Waals surface area contributed by atoms with Crippen molar-refractivity contribution in [3.63, 3.8) is 0 Å². The van der Waals surface area contributed by atoms with E-state index < -0.39 is 17.6 Å². The van der Waals surface area contributed by atoms with Crippen molar-refractivity contribution in [3.8, 4) is 0 Å². The first-order chi connectivity index (χ1) is 15.0. The molecule has 2 aromatic rings. The number of thiocarbonyl (C=S) groups is 1. The van der Waals surface area contributed by atoms with Crippen LogP contribution in [0.25, 0.3) is 11.6 Å². The lowest BCUT2D eigenvalue weighted by atomic mass is 9.88. The second-order valence-corrected chi connectivity index (χ2v) is 9.06. The molecule has 164 valence electrons. The summed E-state index contributed by atoms with van der Waals surface area (Å²) in [5.41, 5.74) is 3.75. The van der Waals surface area contributed by atoms with E-state index >= 15 is 4.39 Å². The van der Waals surface area contributed by atoms with Crippen molar-refractivity contribution in [2.75, 3.05) is 16.8 Å². The van der Waals surface area contributed by atoms with Gasteiger partial charge in [0, 0.05) is 23.9 Å². The zero-order chi connectivity index (χ0) is 23.4. The highest BCUT2D eigenvalue weighted by molar-refractivity contribution is 7.80. The number of fused-ring (bicyclic) bond motifs is 1. The molecule has 0 radical (unpaired) electrons. The zero-order valence-electron chi connectivity index (χ0n) is 18.6. The third-order valence-electron chi connectivity index (χ3n) is 6.09. The Kier molecular flexibility index (Phi) is 5.25. The van der Waals surface area contributed by atoms with Crippen LogP contribution in [0.5, 0.6) is 0 Å². The maximum atomic E-state index is 15.1. The molecule has 2 amide bonds. The van der Waals surface area contributed by atoms with Crippen molar-refractivity contribution >= 4 is 52.2 Å². The molecular formula is C25H24FN3O2S. The van der Waals surface area contributed by atoms with Gasteiger partial charge in [0.05, 0.1) is 11.2 Å². The van der Waals surface area contributed by atoms with E-state index in [1.165, 1.54) is 17.0 Å². The first-order valence-corrected chi connectivity index (χ1v) is 10.7. The minimum atomic E-state index is -0.646. The number of carbonyl (C=O) groups excluding carboxylic acids is 2. The Morgan fingerprint density at radius 3 is 2.47 bits per heavy atom. The van der Waals surface area contributed by atoms with Gasteiger partial charge in [-0.3, -0.25) is 19.8 Å². The maximum Gasteiger partial charge on any atom is 0.270 e. The van der Waals surface area contributed by atoms with E-state index in [4.69, 9.17) is 12.2 Å². The Hall–Kier alpha value is -3.32. The third kappa shape index (κ3) is 3.52. The monoisotopic (exact) mass is 449 g/mol. The standard InChI is InChI=1S/C25H24FN3O2S/c1-14-8-6-7-9-20(14)29-23(31)18(22(30)27-24(29)32)11-16-10-17-15(2)13-25(3,4)28(5)21(17)12-19(16)26/h6-13H,1-5H3,(H,27,30,32)/b18-11-. The van der Waals surface area contributed by atoms with Crippen molar-refractivity contribution in [1.29, 1.82) is 0 Å². The van der Waals surface area contributed by atoms with Crippen molar-refractivity contribution in [3.05, 3.63) is 70.6 Å². The van der Waals surface area contributed by atoms with Gasteiger partial charge in [0.2, 0.25) is 0 Å². The summed E-state index contributed by atoms with van der Waals surface area (Å²) in [6.07, 6.45) is 3.41. The highest BCUT2D eigenvalue weighted by Crippen LogP contribution is 2.39. The summed E-state index contributed by atoms with van der Waals surface area (Å²) >= 11 is 5.25. The number of halogens is 1. The van der Waals surface area contributed by atoms with E-state index in [1.807, 2.05) is 37.9 Å². The molecule has 4 rings (SSSR count). The highest BCUT2D eigenvalue weighted by Gasteiger charge is 2.36. The summed E-state index contributed by atoms with van der Waals surface area (Å²) in [4.78, 5) is 29.2. The molecule has 2 aromatic carbocycles. The molecule has 0 aromatic heterocycles. The van der Waals surface area contributed by atoms with Crippen LogP contribution >= 0.6 is 12.2 Å². The number of nitrogens with one attached hydrogen (secondary N) is 1. The van der Waals surface area contributed by atoms with E-state index in [2.05, 4.69) is 25.2 Å². The van der Waals surface area contributed by atoms with Crippen LogP contribution in [0.3, 0.4) is 0 Å². The van der Waals surface area contributed by atoms with E-state index in [0.29, 0.717) is 5.69 Å². The first-order valence-electron chi connectivity index (χ1n) is 10.3. The van der Waals surface area contributed by atoms with Gasteiger partial charge < -0.3 is 4.90 Å². The van der Waals surface area contributed by atoms with E-state index in [0.717, 1.165) is 22.4 Å². The number of aryl methyl sites for hydroxylation is 1. The van der Waals surface area contributed by atoms with Gasteiger partial charge in [-0.25, -0.2) is 4.39 Å². The van der Waals surface area contributed by atoms with Crippen molar-refractivity contribution in [2.45, 2.75) is 33.2 Å². The van der Waals surface area contributed by atoms with Crippen LogP contribution in [0, 0.1) is 12.7 Å². The van der Waals surface area contributed by atoms with Crippen LogP contribution in [0.4, 0.5) is 15.8 Å². The number of nitrogens with zero attached hydrogens (tertiary/aromatic N) is 2. The van der Waals surface area contributed by atoms with Gasteiger partial charge in [-0.1, -0.05) is 24.3 Å². The lowest BCUT2D eigenvalue weighted by Crippen LogP contribution is -2.54. The fourth-order valence-electron chi connectivity index (χ4n) is 4.14. The van der Waals surface area contributed by atoms with Gasteiger partial charge in [0.25, 0.3) is 11.8 Å². The summed E-state index contributed by atoms with van der Waals surface area (Å²) in [6, 6.07) is 10.4. The number of hydrogen-bond acceptors (Lipinski definition) is 4. The van der Waals surface area contributed by atoms with Crippen LogP contribution in [0.15, 0.2) is 48.0 Å². The summed E-state index contributed by atoms with van der Waals surface area (Å²) in [5, 5.41) is 2.55. The Bertz CT molecular complexity index is 1250. The highest BCUT2D eigenvalue weighted by atomic mass is 32.1. The van der Waals surface area contributed by atoms with Gasteiger partial charge in [0.15, 0.2) is 5.11 Å². The number of rotatable bonds is 2. The fraction of sp³-hybridized carbons (Fsp3) is 0.240. The minimum Gasteiger partial charge on any atom is -0.365 e. The Morgan fingerprint density at radius 2 is 1.78 bits per heavy atom. The SMILES string of the molecule is CC1=CC(C)(C)N(C)c2cc(F)c(/C=C3/C(=O)NC(=S)N(c4ccccc4C)C3=O)cc21. The molecule has 1 fully saturated rings. The summed E-state index contributed by atoms with van der Waals surface area (Å²) < 4.78 is 15.1. The van der Waals surface area contributed by atoms with Crippen molar-refractivity contribution in [1.82, 2.24) is 5.32 Å². The lowest BCUT2D eigenvalue weighted by Gasteiger charge is -2.40. The molecule has 1 saturated heterocycles. The smallest absolute Gasteiger partial charge is 0.270 e. The lowest BCUT2D eigenvalue weighted by molar-refractivity contribution is -0.122. The molecule has 1 N–H and O–H groups in total. The number of amides is 2. The van der Waals surface area contributed by atoms with Crippen LogP contribution in [0.1, 0.15) is 37.5 Å². The molecule has 2 heterocycles. The van der Waals surface area contributed by atoms with Gasteiger partial charge in [0.1, 0.15) is 11.4 Å². The molecule has 0 aliphatic carbocycles. The Morgan fingerprint density at radius 1 is 1.09 bits per heavy atom. The van der Waals surface area contributed by atoms with Crippen LogP contribution in [-0.4, -0.2) is 29.5 Å². The number of carbonyl (C=O) groups is 2. The van der Waals surface area contributed by atoms with Crippen LogP contribution in [0.2, 0.25) is 0 Å². The fourth-order valence-corrected chi connectivity index (χ4v) is 4.42. The molecule has 32 heavy (non-hydrogen) atoms. The van der Waals surface area contributed by atoms with Gasteiger partial charge in [-0.2, -0.15) is 0 Å². The molecule has 7 heteroatoms. The normalized spacial score (nSPS) is 19.1. The number of hydrogen-bond donors (Lipinski definition) is 1. The second-order valence-electron chi connectivity index (χ2n) is 8.68. The summed E-state index contributed by atoms with van der Waals surface area (Å²) in [6.45, 7) is 7.93. The third-order valence-corrected chi connectivity index (χ3v) is 6.38. The van der Waals surface area contributed by atoms with Gasteiger partial charge >= 0.3 is 0 Å². The average Bonchev–Trinajstić information content (AvgIpc) is 2.71. The zero-order valence-corrected chi connectivity index (χ0v) is 19.4. The van der Waals surface area contributed by atoms with E-state index in [1.54, 1.807) is 18.2 Å². The maximum absolute atomic E-state index is 15.1. The molecule has 0 bridgehead atoms. The molecule has 5 nitrogen and oxygen atoms in total. The summed E-state index contributed by atoms with van der Waals surface area (Å²) in [7, 11) is 1.92. The van der Waals surface area contributed by atoms with E-state index in [9.17, 15) is 9.59 Å². The molecule has 0 unspecified atom stereocenters. The quantitative estimate of drug-likeness (QED) is 0.414. The van der Waals surface area contributed by atoms with Gasteiger partial charge in [-0.15, -0.1) is 0 Å². The van der Waals surface area contributed by atoms with Crippen LogP contribution in [-0.2, 0) is 9.59 Å². The Balaban J connectivity index is 1.81. The predicted molar refractivity (Wildman–Crippen MR) is 130 cm³/mol. The Labute approximate surface area is 192 Å².